The predicted molar refractivity (Wildman–Crippen MR) is 134 cm³/mol. The van der Waals surface area contributed by atoms with Crippen molar-refractivity contribution in [3.8, 4) is 5.75 Å². The van der Waals surface area contributed by atoms with Gasteiger partial charge in [0.15, 0.2) is 0 Å². The Hall–Kier alpha value is -2.37. The van der Waals surface area contributed by atoms with Gasteiger partial charge in [-0.2, -0.15) is 0 Å². The lowest BCUT2D eigenvalue weighted by Gasteiger charge is -2.34. The normalized spacial score (nSPS) is 19.2. The Bertz CT molecular complexity index is 858. The lowest BCUT2D eigenvalue weighted by atomic mass is 9.99. The van der Waals surface area contributed by atoms with Crippen LogP contribution in [-0.2, 0) is 0 Å². The van der Waals surface area contributed by atoms with E-state index in [2.05, 4.69) is 52.4 Å². The average Bonchev–Trinajstić information content (AvgIpc) is 2.86. The highest BCUT2D eigenvalue weighted by Gasteiger charge is 2.23. The molecule has 1 N–H and O–H groups in total. The predicted octanol–water partition coefficient (Wildman–Crippen LogP) is 4.55. The zero-order valence-electron chi connectivity index (χ0n) is 20.0. The number of nitrogens with one attached hydrogen (secondary N) is 1. The van der Waals surface area contributed by atoms with Crippen molar-refractivity contribution in [3.63, 3.8) is 0 Å². The summed E-state index contributed by atoms with van der Waals surface area (Å²) in [6.45, 7) is 9.36. The van der Waals surface area contributed by atoms with Gasteiger partial charge in [0.25, 0.3) is 5.91 Å². The van der Waals surface area contributed by atoms with Crippen LogP contribution in [0.2, 0.25) is 0 Å². The van der Waals surface area contributed by atoms with E-state index in [1.165, 1.54) is 24.8 Å². The van der Waals surface area contributed by atoms with Gasteiger partial charge >= 0.3 is 0 Å². The van der Waals surface area contributed by atoms with E-state index in [0.717, 1.165) is 52.1 Å². The van der Waals surface area contributed by atoms with Crippen molar-refractivity contribution in [3.05, 3.63) is 65.7 Å². The zero-order chi connectivity index (χ0) is 22.9. The van der Waals surface area contributed by atoms with Crippen molar-refractivity contribution in [2.45, 2.75) is 51.0 Å². The number of benzene rings is 2. The van der Waals surface area contributed by atoms with Crippen LogP contribution in [-0.4, -0.2) is 67.6 Å². The first kappa shape index (κ1) is 23.8. The Balaban J connectivity index is 1.23. The third-order valence-corrected chi connectivity index (χ3v) is 7.02. The molecule has 2 aliphatic heterocycles. The Labute approximate surface area is 199 Å². The number of ether oxygens (including phenoxy) is 1. The summed E-state index contributed by atoms with van der Waals surface area (Å²) in [6.07, 6.45) is 6.02. The topological polar surface area (TPSA) is 44.8 Å². The Morgan fingerprint density at radius 1 is 0.939 bits per heavy atom. The maximum absolute atomic E-state index is 12.8. The lowest BCUT2D eigenvalue weighted by molar-refractivity contribution is 0.0892. The first-order valence-corrected chi connectivity index (χ1v) is 12.7. The molecule has 2 heterocycles. The molecule has 2 fully saturated rings. The molecule has 2 aromatic rings. The summed E-state index contributed by atoms with van der Waals surface area (Å²) in [4.78, 5) is 17.8. The van der Waals surface area contributed by atoms with Gasteiger partial charge in [0.1, 0.15) is 11.9 Å². The van der Waals surface area contributed by atoms with Crippen LogP contribution < -0.4 is 10.1 Å². The monoisotopic (exact) mass is 449 g/mol. The van der Waals surface area contributed by atoms with Crippen LogP contribution in [0.4, 0.5) is 0 Å². The van der Waals surface area contributed by atoms with E-state index in [4.69, 9.17) is 4.74 Å². The van der Waals surface area contributed by atoms with E-state index in [9.17, 15) is 4.79 Å². The molecule has 2 aromatic carbocycles. The van der Waals surface area contributed by atoms with Crippen LogP contribution in [0.1, 0.15) is 60.9 Å². The van der Waals surface area contributed by atoms with E-state index in [0.29, 0.717) is 23.8 Å². The van der Waals surface area contributed by atoms with Crippen molar-refractivity contribution in [1.29, 1.82) is 0 Å². The van der Waals surface area contributed by atoms with Gasteiger partial charge in [-0.3, -0.25) is 4.79 Å². The third kappa shape index (κ3) is 7.05. The number of carbonyl (C=O) groups excluding carboxylic acids is 1. The summed E-state index contributed by atoms with van der Waals surface area (Å²) in [5, 5.41) is 3.10. The Kier molecular flexibility index (Phi) is 8.79. The fourth-order valence-corrected chi connectivity index (χ4v) is 5.03. The van der Waals surface area contributed by atoms with Crippen molar-refractivity contribution in [2.24, 2.45) is 0 Å². The lowest BCUT2D eigenvalue weighted by Crippen LogP contribution is -2.40. The largest absolute Gasteiger partial charge is 0.489 e. The minimum Gasteiger partial charge on any atom is -0.489 e. The summed E-state index contributed by atoms with van der Waals surface area (Å²) in [5.74, 6) is 1.21. The van der Waals surface area contributed by atoms with Gasteiger partial charge in [-0.1, -0.05) is 55.8 Å². The van der Waals surface area contributed by atoms with Crippen molar-refractivity contribution in [1.82, 2.24) is 15.1 Å². The van der Waals surface area contributed by atoms with Gasteiger partial charge in [0, 0.05) is 32.7 Å². The molecule has 5 heteroatoms. The first-order valence-electron chi connectivity index (χ1n) is 12.7. The number of hydrogen-bond donors (Lipinski definition) is 1. The number of amides is 1. The molecule has 1 atom stereocenters. The van der Waals surface area contributed by atoms with Gasteiger partial charge in [0.2, 0.25) is 0 Å². The molecule has 0 aromatic heterocycles. The molecule has 1 unspecified atom stereocenters. The van der Waals surface area contributed by atoms with Crippen LogP contribution in [0.5, 0.6) is 5.75 Å². The van der Waals surface area contributed by atoms with Crippen LogP contribution in [0.3, 0.4) is 0 Å². The van der Waals surface area contributed by atoms with Crippen LogP contribution in [0, 0.1) is 0 Å². The molecule has 0 bridgehead atoms. The molecule has 0 radical (unpaired) electrons. The second-order valence-corrected chi connectivity index (χ2v) is 9.58. The molecule has 4 rings (SSSR count). The number of piperidine rings is 2. The van der Waals surface area contributed by atoms with Crippen molar-refractivity contribution < 1.29 is 9.53 Å². The molecule has 5 nitrogen and oxygen atoms in total. The number of hydrogen-bond acceptors (Lipinski definition) is 4. The highest BCUT2D eigenvalue weighted by Crippen LogP contribution is 2.25. The minimum absolute atomic E-state index is 0.0308. The highest BCUT2D eigenvalue weighted by molar-refractivity contribution is 5.96. The van der Waals surface area contributed by atoms with Crippen LogP contribution in [0.25, 0.3) is 0 Å². The maximum Gasteiger partial charge on any atom is 0.255 e. The Morgan fingerprint density at radius 3 is 2.39 bits per heavy atom. The molecule has 33 heavy (non-hydrogen) atoms. The standard InChI is InChI=1S/C28H39N3O2/c1-23(24-10-4-2-5-11-24)22-31-19-14-25(15-20-31)33-27-13-7-6-12-26(27)28(32)29-16-21-30-17-8-3-9-18-30/h2,4-7,10-13,23,25H,3,8-9,14-22H2,1H3,(H,29,32). The third-order valence-electron chi connectivity index (χ3n) is 7.02. The van der Waals surface area contributed by atoms with Crippen molar-refractivity contribution >= 4 is 5.91 Å². The second kappa shape index (κ2) is 12.2. The molecule has 0 aliphatic carbocycles. The number of carbonyl (C=O) groups is 1. The molecule has 2 aliphatic rings. The van der Waals surface area contributed by atoms with E-state index in [1.807, 2.05) is 24.3 Å². The molecular formula is C28H39N3O2. The number of likely N-dealkylation sites (tertiary alicyclic amines) is 2. The summed E-state index contributed by atoms with van der Waals surface area (Å²) >= 11 is 0. The summed E-state index contributed by atoms with van der Waals surface area (Å²) < 4.78 is 6.34. The smallest absolute Gasteiger partial charge is 0.255 e. The van der Waals surface area contributed by atoms with Gasteiger partial charge in [0.05, 0.1) is 5.56 Å². The Morgan fingerprint density at radius 2 is 1.64 bits per heavy atom. The van der Waals surface area contributed by atoms with Gasteiger partial charge < -0.3 is 19.9 Å². The summed E-state index contributed by atoms with van der Waals surface area (Å²) in [6, 6.07) is 18.4. The molecule has 178 valence electrons. The first-order chi connectivity index (χ1) is 16.2. The quantitative estimate of drug-likeness (QED) is 0.610. The van der Waals surface area contributed by atoms with E-state index >= 15 is 0 Å². The zero-order valence-corrected chi connectivity index (χ0v) is 20.0. The molecule has 1 amide bonds. The molecule has 2 saturated heterocycles. The average molecular weight is 450 g/mol. The maximum atomic E-state index is 12.8. The number of para-hydroxylation sites is 1. The number of rotatable bonds is 9. The van der Waals surface area contributed by atoms with Crippen LogP contribution in [0.15, 0.2) is 54.6 Å². The van der Waals surface area contributed by atoms with Gasteiger partial charge in [-0.15, -0.1) is 0 Å². The highest BCUT2D eigenvalue weighted by atomic mass is 16.5. The van der Waals surface area contributed by atoms with Crippen LogP contribution >= 0.6 is 0 Å². The van der Waals surface area contributed by atoms with E-state index in [1.54, 1.807) is 0 Å². The molecule has 0 saturated carbocycles. The SMILES string of the molecule is CC(CN1CCC(Oc2ccccc2C(=O)NCCN2CCCCC2)CC1)c1ccccc1. The van der Waals surface area contributed by atoms with Gasteiger partial charge in [-0.05, 0) is 62.4 Å². The van der Waals surface area contributed by atoms with Crippen molar-refractivity contribution in [2.75, 3.05) is 45.8 Å². The van der Waals surface area contributed by atoms with Gasteiger partial charge in [-0.25, -0.2) is 0 Å². The summed E-state index contributed by atoms with van der Waals surface area (Å²) in [5.41, 5.74) is 2.05. The molecular weight excluding hydrogens is 410 g/mol. The van der Waals surface area contributed by atoms with E-state index < -0.39 is 0 Å². The number of nitrogens with zero attached hydrogens (tertiary/aromatic N) is 2. The minimum atomic E-state index is -0.0308. The fraction of sp³-hybridized carbons (Fsp3) is 0.536. The molecule has 0 spiro atoms. The summed E-state index contributed by atoms with van der Waals surface area (Å²) in [7, 11) is 0. The van der Waals surface area contributed by atoms with E-state index in [-0.39, 0.29) is 12.0 Å². The fourth-order valence-electron chi connectivity index (χ4n) is 5.03. The second-order valence-electron chi connectivity index (χ2n) is 9.58.